The number of carbonyl (C=O) groups excluding carboxylic acids is 1. The molecule has 1 aromatic rings. The molecule has 0 N–H and O–H groups in total. The molecular formula is C15H25N5O. The first-order valence-electron chi connectivity index (χ1n) is 8.05. The van der Waals surface area contributed by atoms with Gasteiger partial charge >= 0.3 is 0 Å². The molecule has 0 saturated carbocycles. The highest BCUT2D eigenvalue weighted by atomic mass is 16.2. The summed E-state index contributed by atoms with van der Waals surface area (Å²) in [5, 5.41) is 7.65. The van der Waals surface area contributed by atoms with Gasteiger partial charge in [-0.3, -0.25) is 4.79 Å². The topological polar surface area (TPSA) is 54.3 Å². The van der Waals surface area contributed by atoms with Gasteiger partial charge in [-0.15, -0.1) is 5.10 Å². The Labute approximate surface area is 126 Å². The van der Waals surface area contributed by atoms with E-state index in [9.17, 15) is 4.79 Å². The highest BCUT2D eigenvalue weighted by molar-refractivity contribution is 5.76. The fourth-order valence-corrected chi connectivity index (χ4v) is 3.89. The Hall–Kier alpha value is -1.43. The van der Waals surface area contributed by atoms with E-state index < -0.39 is 0 Å². The predicted octanol–water partition coefficient (Wildman–Crippen LogP) is 1.00. The number of rotatable bonds is 3. The summed E-state index contributed by atoms with van der Waals surface area (Å²) in [6.45, 7) is 7.83. The van der Waals surface area contributed by atoms with E-state index in [1.807, 2.05) is 4.90 Å². The third-order valence-corrected chi connectivity index (χ3v) is 4.97. The van der Waals surface area contributed by atoms with Gasteiger partial charge < -0.3 is 9.80 Å². The quantitative estimate of drug-likeness (QED) is 0.834. The number of likely N-dealkylation sites (tertiary alicyclic amines) is 2. The van der Waals surface area contributed by atoms with Crippen molar-refractivity contribution < 1.29 is 4.79 Å². The van der Waals surface area contributed by atoms with Gasteiger partial charge in [0.15, 0.2) is 0 Å². The van der Waals surface area contributed by atoms with Gasteiger partial charge in [-0.2, -0.15) is 0 Å². The maximum absolute atomic E-state index is 12.5. The number of nitrogens with zero attached hydrogens (tertiary/aromatic N) is 5. The Morgan fingerprint density at radius 3 is 2.76 bits per heavy atom. The third-order valence-electron chi connectivity index (χ3n) is 4.97. The standard InChI is InChI=1S/C15H25N5O/c1-2-18-8-3-5-15(12-18)6-4-9-19(13-15)14(21)11-20-10-7-16-17-20/h7,10H,2-6,8-9,11-13H2,1H3/t15-/m1/s1. The van der Waals surface area contributed by atoms with Crippen molar-refractivity contribution in [2.75, 3.05) is 32.7 Å². The van der Waals surface area contributed by atoms with Crippen LogP contribution < -0.4 is 0 Å². The number of carbonyl (C=O) groups is 1. The van der Waals surface area contributed by atoms with E-state index in [-0.39, 0.29) is 5.91 Å². The van der Waals surface area contributed by atoms with Crippen molar-refractivity contribution in [3.63, 3.8) is 0 Å². The summed E-state index contributed by atoms with van der Waals surface area (Å²) in [6.07, 6.45) is 8.27. The molecule has 1 spiro atoms. The molecule has 3 rings (SSSR count). The Balaban J connectivity index is 1.63. The van der Waals surface area contributed by atoms with Gasteiger partial charge in [0.25, 0.3) is 0 Å². The lowest BCUT2D eigenvalue weighted by atomic mass is 9.73. The molecule has 0 bridgehead atoms. The fourth-order valence-electron chi connectivity index (χ4n) is 3.89. The van der Waals surface area contributed by atoms with Crippen molar-refractivity contribution in [2.45, 2.75) is 39.2 Å². The van der Waals surface area contributed by atoms with E-state index in [1.165, 1.54) is 25.8 Å². The highest BCUT2D eigenvalue weighted by Gasteiger charge is 2.39. The van der Waals surface area contributed by atoms with Gasteiger partial charge in [0, 0.05) is 31.2 Å². The Kier molecular flexibility index (Phi) is 4.24. The van der Waals surface area contributed by atoms with Gasteiger partial charge in [-0.25, -0.2) is 4.68 Å². The molecule has 0 unspecified atom stereocenters. The first kappa shape index (κ1) is 14.5. The zero-order valence-corrected chi connectivity index (χ0v) is 12.9. The van der Waals surface area contributed by atoms with Gasteiger partial charge in [0.2, 0.25) is 5.91 Å². The number of aromatic nitrogens is 3. The van der Waals surface area contributed by atoms with Crippen LogP contribution >= 0.6 is 0 Å². The average Bonchev–Trinajstić information content (AvgIpc) is 3.00. The molecular weight excluding hydrogens is 266 g/mol. The lowest BCUT2D eigenvalue weighted by molar-refractivity contribution is -0.136. The molecule has 116 valence electrons. The van der Waals surface area contributed by atoms with E-state index in [2.05, 4.69) is 22.1 Å². The molecule has 6 heteroatoms. The van der Waals surface area contributed by atoms with Gasteiger partial charge in [0.05, 0.1) is 6.20 Å². The second-order valence-corrected chi connectivity index (χ2v) is 6.49. The van der Waals surface area contributed by atoms with Crippen molar-refractivity contribution in [1.82, 2.24) is 24.8 Å². The van der Waals surface area contributed by atoms with E-state index in [1.54, 1.807) is 17.1 Å². The Bertz CT molecular complexity index is 470. The molecule has 1 amide bonds. The molecule has 1 aromatic heterocycles. The van der Waals surface area contributed by atoms with E-state index >= 15 is 0 Å². The van der Waals surface area contributed by atoms with Crippen molar-refractivity contribution in [1.29, 1.82) is 0 Å². The lowest BCUT2D eigenvalue weighted by Crippen LogP contribution is -2.54. The first-order chi connectivity index (χ1) is 10.2. The number of hydrogen-bond acceptors (Lipinski definition) is 4. The molecule has 3 heterocycles. The number of piperidine rings is 2. The normalized spacial score (nSPS) is 27.2. The van der Waals surface area contributed by atoms with Crippen molar-refractivity contribution in [3.05, 3.63) is 12.4 Å². The summed E-state index contributed by atoms with van der Waals surface area (Å²) in [5.74, 6) is 0.174. The lowest BCUT2D eigenvalue weighted by Gasteiger charge is -2.48. The molecule has 2 saturated heterocycles. The minimum Gasteiger partial charge on any atom is -0.340 e. The first-order valence-corrected chi connectivity index (χ1v) is 8.05. The monoisotopic (exact) mass is 291 g/mol. The third kappa shape index (κ3) is 3.26. The second kappa shape index (κ2) is 6.13. The highest BCUT2D eigenvalue weighted by Crippen LogP contribution is 2.38. The molecule has 6 nitrogen and oxygen atoms in total. The number of hydrogen-bond donors (Lipinski definition) is 0. The molecule has 2 fully saturated rings. The zero-order chi connectivity index (χ0) is 14.7. The van der Waals surface area contributed by atoms with Crippen LogP contribution in [-0.4, -0.2) is 63.4 Å². The zero-order valence-electron chi connectivity index (χ0n) is 12.9. The molecule has 1 atom stereocenters. The van der Waals surface area contributed by atoms with Crippen LogP contribution in [0, 0.1) is 5.41 Å². The molecule has 0 aromatic carbocycles. The van der Waals surface area contributed by atoms with Crippen LogP contribution in [0.15, 0.2) is 12.4 Å². The SMILES string of the molecule is CCN1CCC[C@@]2(CCCN(C(=O)Cn3ccnn3)C2)C1. The van der Waals surface area contributed by atoms with Crippen molar-refractivity contribution in [3.8, 4) is 0 Å². The van der Waals surface area contributed by atoms with E-state index in [0.717, 1.165) is 32.6 Å². The fraction of sp³-hybridized carbons (Fsp3) is 0.800. The largest absolute Gasteiger partial charge is 0.340 e. The van der Waals surface area contributed by atoms with Crippen molar-refractivity contribution >= 4 is 5.91 Å². The van der Waals surface area contributed by atoms with E-state index in [0.29, 0.717) is 12.0 Å². The summed E-state index contributed by atoms with van der Waals surface area (Å²) in [4.78, 5) is 17.0. The molecule has 0 radical (unpaired) electrons. The minimum absolute atomic E-state index is 0.174. The van der Waals surface area contributed by atoms with Crippen LogP contribution in [0.5, 0.6) is 0 Å². The van der Waals surface area contributed by atoms with Gasteiger partial charge in [-0.05, 0) is 38.8 Å². The second-order valence-electron chi connectivity index (χ2n) is 6.49. The average molecular weight is 291 g/mol. The summed E-state index contributed by atoms with van der Waals surface area (Å²) in [5.41, 5.74) is 0.324. The van der Waals surface area contributed by atoms with Gasteiger partial charge in [-0.1, -0.05) is 12.1 Å². The van der Waals surface area contributed by atoms with Crippen LogP contribution in [0.2, 0.25) is 0 Å². The molecule has 2 aliphatic rings. The van der Waals surface area contributed by atoms with Crippen molar-refractivity contribution in [2.24, 2.45) is 5.41 Å². The maximum Gasteiger partial charge on any atom is 0.244 e. The minimum atomic E-state index is 0.174. The van der Waals surface area contributed by atoms with Crippen LogP contribution in [-0.2, 0) is 11.3 Å². The number of amides is 1. The Morgan fingerprint density at radius 2 is 2.05 bits per heavy atom. The molecule has 2 aliphatic heterocycles. The van der Waals surface area contributed by atoms with Crippen LogP contribution in [0.4, 0.5) is 0 Å². The van der Waals surface area contributed by atoms with Crippen LogP contribution in [0.25, 0.3) is 0 Å². The van der Waals surface area contributed by atoms with Gasteiger partial charge in [0.1, 0.15) is 6.54 Å². The summed E-state index contributed by atoms with van der Waals surface area (Å²) >= 11 is 0. The predicted molar refractivity (Wildman–Crippen MR) is 79.6 cm³/mol. The van der Waals surface area contributed by atoms with Crippen LogP contribution in [0.3, 0.4) is 0 Å². The maximum atomic E-state index is 12.5. The molecule has 21 heavy (non-hydrogen) atoms. The van der Waals surface area contributed by atoms with Crippen LogP contribution in [0.1, 0.15) is 32.6 Å². The Morgan fingerprint density at radius 1 is 1.24 bits per heavy atom. The smallest absolute Gasteiger partial charge is 0.244 e. The summed E-state index contributed by atoms with van der Waals surface area (Å²) in [6, 6.07) is 0. The summed E-state index contributed by atoms with van der Waals surface area (Å²) in [7, 11) is 0. The summed E-state index contributed by atoms with van der Waals surface area (Å²) < 4.78 is 1.61. The molecule has 0 aliphatic carbocycles. The van der Waals surface area contributed by atoms with E-state index in [4.69, 9.17) is 0 Å².